The van der Waals surface area contributed by atoms with Crippen molar-refractivity contribution in [2.45, 2.75) is 240 Å². The van der Waals surface area contributed by atoms with E-state index in [9.17, 15) is 142 Å². The summed E-state index contributed by atoms with van der Waals surface area (Å²) in [6.07, 6.45) is -10.3. The number of fused-ring (bicyclic) bond motifs is 5. The van der Waals surface area contributed by atoms with Gasteiger partial charge in [-0.05, 0) is 151 Å². The van der Waals surface area contributed by atoms with Crippen LogP contribution in [0, 0.1) is 29.6 Å². The molecule has 128 heavy (non-hydrogen) atoms. The normalized spacial score (nSPS) is 19.5. The van der Waals surface area contributed by atoms with E-state index in [1.54, 1.807) is 11.4 Å². The van der Waals surface area contributed by atoms with E-state index in [-0.39, 0.29) is 127 Å². The van der Waals surface area contributed by atoms with Crippen LogP contribution in [0.4, 0.5) is 0 Å². The van der Waals surface area contributed by atoms with Crippen LogP contribution in [0.3, 0.4) is 0 Å². The predicted octanol–water partition coefficient (Wildman–Crippen LogP) is -2.91. The average Bonchev–Trinajstić information content (AvgIpc) is 1.66. The van der Waals surface area contributed by atoms with Crippen LogP contribution in [0.2, 0.25) is 0 Å². The first-order valence-electron chi connectivity index (χ1n) is 42.1. The van der Waals surface area contributed by atoms with Crippen molar-refractivity contribution in [1.29, 1.82) is 0 Å². The standard InChI is InChI=1S/C82H117N15O29S2/c83-21-5-1-10-44(72(116)92-54(37-70(112)113)62(102)32-47(35-68(108)109)75(119)93-55(38-71(114)115)63(103)31-46(34-67(106)107)73(117)90-52(82(125)126)13-4-8-24-86)29-61(101)53(26-42-15-17-49(99)18-16-42)91-74(118)48(36-69(110)111)33-64(104)57(39-98)95-77(121)56-27-43-28-65(127-40-43)80-96-58(41-128-80)78(122)89-51(12-3-7-23-85)76(120)88-50(19-20-66(87)105)60(100)30-45(11-2-6-22-84)81(124)97-25-9-14-59(97)79(123)94-56/h15-18,28,40,44-48,50-59,98-99H,1-14,19-27,29-39,41,83-86H2,(H2,87,105)(H,88,120)(H,89,122)(H,90,117)(H,91,118)(H,92,116)(H,93,119)(H,94,123)(H,95,121)(H,106,107)(H,108,109)(H,110,111)(H,112,113)(H,114,115)(H,125,126)/t44-,45-,46+,47+,48+,50+,51+,52+,53+,54+,55+,56+,57+,58+,59?/m1/s1. The highest BCUT2D eigenvalue weighted by atomic mass is 32.2. The highest BCUT2D eigenvalue weighted by molar-refractivity contribution is 8.15. The third kappa shape index (κ3) is 36.3. The molecular formula is C82H117N15O29S2. The van der Waals surface area contributed by atoms with Crippen LogP contribution in [0.15, 0.2) is 40.7 Å². The van der Waals surface area contributed by atoms with Crippen LogP contribution in [-0.2, 0) is 114 Å². The fourth-order valence-corrected chi connectivity index (χ4v) is 16.9. The predicted molar refractivity (Wildman–Crippen MR) is 454 cm³/mol. The number of aliphatic hydroxyl groups is 1. The monoisotopic (exact) mass is 1840 g/mol. The number of unbranched alkanes of at least 4 members (excludes halogenated alkanes) is 4. The van der Waals surface area contributed by atoms with Gasteiger partial charge in [-0.3, -0.25) is 101 Å². The molecule has 4 heterocycles. The van der Waals surface area contributed by atoms with Crippen LogP contribution in [-0.4, -0.2) is 280 Å². The second-order valence-electron chi connectivity index (χ2n) is 31.8. The minimum Gasteiger partial charge on any atom is -0.508 e. The number of nitrogens with one attached hydrogen (secondary N) is 8. The number of aliphatic imine (C=N–C) groups is 1. The van der Waals surface area contributed by atoms with E-state index in [4.69, 9.17) is 28.7 Å². The molecule has 2 aromatic rings. The molecule has 4 bridgehead atoms. The number of phenolic OH excluding ortho intramolecular Hbond substituents is 1. The molecule has 1 aromatic carbocycles. The number of rotatable bonds is 55. The Morgan fingerprint density at radius 1 is 0.508 bits per heavy atom. The zero-order valence-corrected chi connectivity index (χ0v) is 72.3. The van der Waals surface area contributed by atoms with Crippen LogP contribution < -0.4 is 71.2 Å². The smallest absolute Gasteiger partial charge is 0.326 e. The molecule has 1 aromatic heterocycles. The van der Waals surface area contributed by atoms with E-state index in [1.165, 1.54) is 40.9 Å². The Hall–Kier alpha value is -11.6. The van der Waals surface area contributed by atoms with Crippen molar-refractivity contribution in [2.75, 3.05) is 45.1 Å². The number of amides is 10. The van der Waals surface area contributed by atoms with Gasteiger partial charge < -0.3 is 117 Å². The summed E-state index contributed by atoms with van der Waals surface area (Å²) in [6.45, 7) is -0.614. The number of nitrogens with two attached hydrogens (primary N) is 5. The molecule has 1 unspecified atom stereocenters. The van der Waals surface area contributed by atoms with Crippen molar-refractivity contribution in [3.8, 4) is 5.75 Å². The molecule has 10 amide bonds. The first kappa shape index (κ1) is 107. The summed E-state index contributed by atoms with van der Waals surface area (Å²) < 4.78 is 0. The highest BCUT2D eigenvalue weighted by Crippen LogP contribution is 2.31. The lowest BCUT2D eigenvalue weighted by molar-refractivity contribution is -0.146. The summed E-state index contributed by atoms with van der Waals surface area (Å²) in [6, 6.07) is -9.70. The van der Waals surface area contributed by atoms with Crippen molar-refractivity contribution < 1.29 is 142 Å². The number of carbonyl (C=O) groups excluding carboxylic acids is 15. The number of Topliss-reactive ketones (excluding diaryl/α,β-unsaturated/α-hetero) is 5. The lowest BCUT2D eigenvalue weighted by Crippen LogP contribution is -2.57. The van der Waals surface area contributed by atoms with E-state index in [0.717, 1.165) is 11.3 Å². The molecule has 5 rings (SSSR count). The Kier molecular flexibility index (Phi) is 45.6. The Morgan fingerprint density at radius 3 is 1.50 bits per heavy atom. The molecule has 26 N–H and O–H groups in total. The van der Waals surface area contributed by atoms with Gasteiger partial charge >= 0.3 is 35.8 Å². The second kappa shape index (κ2) is 54.6. The van der Waals surface area contributed by atoms with Crippen molar-refractivity contribution >= 4 is 152 Å². The van der Waals surface area contributed by atoms with Gasteiger partial charge in [0.25, 0.3) is 0 Å². The van der Waals surface area contributed by atoms with E-state index in [0.29, 0.717) is 47.6 Å². The van der Waals surface area contributed by atoms with E-state index in [1.807, 2.05) is 5.32 Å². The lowest BCUT2D eigenvalue weighted by Gasteiger charge is -2.30. The number of hydrogen-bond donors (Lipinski definition) is 21. The van der Waals surface area contributed by atoms with Gasteiger partial charge in [0.1, 0.15) is 47.0 Å². The quantitative estimate of drug-likeness (QED) is 0.0295. The average molecular weight is 1840 g/mol. The number of thioether (sulfide) groups is 1. The van der Waals surface area contributed by atoms with Gasteiger partial charge in [0.15, 0.2) is 28.9 Å². The number of phenols is 1. The fourth-order valence-electron chi connectivity index (χ4n) is 14.8. The molecule has 706 valence electrons. The molecule has 44 nitrogen and oxygen atoms in total. The molecule has 1 fully saturated rings. The molecule has 0 saturated carbocycles. The number of aromatic hydroxyl groups is 1. The van der Waals surface area contributed by atoms with Gasteiger partial charge in [0.2, 0.25) is 59.1 Å². The number of aliphatic hydroxyl groups excluding tert-OH is 1. The molecule has 3 aliphatic rings. The number of ketones is 5. The van der Waals surface area contributed by atoms with Gasteiger partial charge in [-0.2, -0.15) is 0 Å². The molecule has 15 atom stereocenters. The maximum absolute atomic E-state index is 14.9. The molecule has 0 aliphatic carbocycles. The maximum atomic E-state index is 14.9. The minimum absolute atomic E-state index is 0.00703. The van der Waals surface area contributed by atoms with Crippen LogP contribution in [0.25, 0.3) is 0 Å². The van der Waals surface area contributed by atoms with Gasteiger partial charge in [-0.1, -0.05) is 25.0 Å². The Bertz CT molecular complexity index is 4340. The highest BCUT2D eigenvalue weighted by Gasteiger charge is 2.44. The number of carboxylic acids is 6. The number of aliphatic carboxylic acids is 6. The van der Waals surface area contributed by atoms with Crippen molar-refractivity contribution in [1.82, 2.24) is 47.4 Å². The molecule has 46 heteroatoms. The van der Waals surface area contributed by atoms with E-state index >= 15 is 0 Å². The number of thiophene rings is 1. The van der Waals surface area contributed by atoms with Gasteiger partial charge in [-0.15, -0.1) is 23.1 Å². The van der Waals surface area contributed by atoms with Gasteiger partial charge in [0.05, 0.1) is 85.5 Å². The van der Waals surface area contributed by atoms with Crippen LogP contribution in [0.1, 0.15) is 183 Å². The van der Waals surface area contributed by atoms with Crippen molar-refractivity contribution in [3.05, 3.63) is 51.7 Å². The first-order chi connectivity index (χ1) is 60.7. The third-order valence-electron chi connectivity index (χ3n) is 21.7. The van der Waals surface area contributed by atoms with Crippen molar-refractivity contribution in [3.63, 3.8) is 0 Å². The number of primary amides is 1. The molecule has 3 aliphatic heterocycles. The molecule has 0 radical (unpaired) electrons. The number of carboxylic acid groups (broad SMARTS) is 6. The Labute approximate surface area is 743 Å². The minimum atomic E-state index is -2.19. The summed E-state index contributed by atoms with van der Waals surface area (Å²) in [7, 11) is 0. The van der Waals surface area contributed by atoms with Crippen molar-refractivity contribution in [2.24, 2.45) is 63.3 Å². The molecule has 1 saturated heterocycles. The van der Waals surface area contributed by atoms with Gasteiger partial charge in [-0.25, -0.2) is 4.79 Å². The number of benzene rings is 1. The van der Waals surface area contributed by atoms with E-state index in [2.05, 4.69) is 42.2 Å². The third-order valence-corrected chi connectivity index (χ3v) is 23.9. The van der Waals surface area contributed by atoms with Crippen LogP contribution >= 0.6 is 23.1 Å². The summed E-state index contributed by atoms with van der Waals surface area (Å²) in [5.41, 5.74) is 29.0. The zero-order valence-electron chi connectivity index (χ0n) is 70.6. The van der Waals surface area contributed by atoms with Crippen LogP contribution in [0.5, 0.6) is 5.75 Å². The largest absolute Gasteiger partial charge is 0.508 e. The topological polar surface area (TPSA) is 762 Å². The summed E-state index contributed by atoms with van der Waals surface area (Å²) in [4.78, 5) is 294. The SMILES string of the molecule is NCCCC[C@H](CC(=O)[C@H](Cc1ccc(O)cc1)NC(=O)[C@H](CC(=O)O)CC(=O)[C@H](CO)NC(=O)[C@@H]1Cc2csc(c2)C2=N[C@@H](CS2)C(=O)N[C@@H](CCCCN)C(=O)N[C@@H](CCC(N)=O)C(=O)C[C@@H](CCCCN)C(=O)N2CCCC2C(=O)N1)C(=O)N[C@@H](CC(=O)O)C(=O)C[C@@H](CC(=O)O)C(=O)N[C@@H](CC(=O)O)C(=O)C[C@@H](CC(=O)O)C(=O)N[C@@H](CCCCN)C(=O)O. The zero-order chi connectivity index (χ0) is 95.0. The lowest BCUT2D eigenvalue weighted by atomic mass is 9.88. The Balaban J connectivity index is 1.45. The van der Waals surface area contributed by atoms with E-state index < -0.39 is 291 Å². The number of nitrogens with zero attached hydrogens (tertiary/aromatic N) is 2. The maximum Gasteiger partial charge on any atom is 0.326 e. The first-order valence-corrected chi connectivity index (χ1v) is 44.0. The number of carbonyl (C=O) groups is 21. The fraction of sp³-hybridized carbons (Fsp3) is 0.610. The second-order valence-corrected chi connectivity index (χ2v) is 33.7. The summed E-state index contributed by atoms with van der Waals surface area (Å²) >= 11 is 2.32. The summed E-state index contributed by atoms with van der Waals surface area (Å²) in [5, 5.41) is 102. The molecule has 0 spiro atoms. The summed E-state index contributed by atoms with van der Waals surface area (Å²) in [5.74, 6) is -34.8. The number of hydrogen-bond acceptors (Lipinski definition) is 30. The Morgan fingerprint density at radius 2 is 0.984 bits per heavy atom. The van der Waals surface area contributed by atoms with Gasteiger partial charge in [0, 0.05) is 69.1 Å². The molecular weight excluding hydrogens is 1720 g/mol.